The van der Waals surface area contributed by atoms with Gasteiger partial charge in [0.05, 0.1) is 30.5 Å². The molecule has 3 N–H and O–H groups in total. The highest BCUT2D eigenvalue weighted by Gasteiger charge is 2.50. The number of likely N-dealkylation sites (tertiary alicyclic amines) is 1. The number of aliphatic carboxylic acids is 1. The van der Waals surface area contributed by atoms with Crippen LogP contribution in [0.1, 0.15) is 67.7 Å². The first kappa shape index (κ1) is 39.3. The van der Waals surface area contributed by atoms with E-state index < -0.39 is 35.2 Å². The summed E-state index contributed by atoms with van der Waals surface area (Å²) in [5, 5.41) is 15.9. The van der Waals surface area contributed by atoms with Gasteiger partial charge in [0.25, 0.3) is 0 Å². The maximum absolute atomic E-state index is 14.5. The third-order valence-electron chi connectivity index (χ3n) is 11.2. The number of carboxylic acids is 1. The van der Waals surface area contributed by atoms with Crippen molar-refractivity contribution in [3.05, 3.63) is 93.6 Å². The summed E-state index contributed by atoms with van der Waals surface area (Å²) in [6.45, 7) is 7.74. The third kappa shape index (κ3) is 7.61. The number of carbonyl (C=O) groups excluding carboxylic acids is 1. The zero-order valence-corrected chi connectivity index (χ0v) is 32.1. The van der Waals surface area contributed by atoms with Gasteiger partial charge in [-0.25, -0.2) is 4.98 Å². The van der Waals surface area contributed by atoms with Crippen molar-refractivity contribution in [1.29, 1.82) is 0 Å². The summed E-state index contributed by atoms with van der Waals surface area (Å²) >= 11 is 7.12. The van der Waals surface area contributed by atoms with Crippen molar-refractivity contribution in [2.75, 3.05) is 27.3 Å². The average Bonchev–Trinajstić information content (AvgIpc) is 3.72. The van der Waals surface area contributed by atoms with E-state index in [2.05, 4.69) is 27.1 Å². The van der Waals surface area contributed by atoms with Crippen LogP contribution in [0.2, 0.25) is 5.02 Å². The van der Waals surface area contributed by atoms with Gasteiger partial charge in [0.1, 0.15) is 17.2 Å². The van der Waals surface area contributed by atoms with Crippen LogP contribution in [0.4, 0.5) is 13.2 Å². The number of rotatable bonds is 13. The largest absolute Gasteiger partial charge is 0.481 e. The second kappa shape index (κ2) is 15.2. The highest BCUT2D eigenvalue weighted by Crippen LogP contribution is 2.45. The molecule has 1 spiro atoms. The Balaban J connectivity index is 1.13. The molecule has 15 heteroatoms. The molecule has 0 bridgehead atoms. The molecule has 11 nitrogen and oxygen atoms in total. The summed E-state index contributed by atoms with van der Waals surface area (Å²) in [6, 6.07) is 10.4. The van der Waals surface area contributed by atoms with E-state index in [-0.39, 0.29) is 29.4 Å². The van der Waals surface area contributed by atoms with Crippen molar-refractivity contribution in [3.63, 3.8) is 0 Å². The van der Waals surface area contributed by atoms with Crippen molar-refractivity contribution >= 4 is 29.1 Å². The number of nitrogens with zero attached hydrogens (tertiary/aromatic N) is 3. The molecule has 1 aromatic carbocycles. The number of carbonyl (C=O) groups is 2. The van der Waals surface area contributed by atoms with Gasteiger partial charge in [-0.05, 0) is 73.4 Å². The SMILES string of the molecule is C=CC=C1/C(=C(\C)c2cccc(-c3ccc(CN4CC5(CCC(=O)N5)C4)c(OC)n3)c2Cl)CC[C@@H]1Oc1nc(OC)c(CNC2(C(=O)O)CC2)cc1C(F)(F)F. The molecule has 2 aliphatic heterocycles. The van der Waals surface area contributed by atoms with Crippen LogP contribution in [0.25, 0.3) is 16.8 Å². The number of amides is 1. The number of hydrogen-bond donors (Lipinski definition) is 3. The van der Waals surface area contributed by atoms with E-state index in [9.17, 15) is 27.9 Å². The lowest BCUT2D eigenvalue weighted by atomic mass is 9.88. The van der Waals surface area contributed by atoms with E-state index in [1.165, 1.54) is 7.11 Å². The molecule has 2 aliphatic carbocycles. The molecule has 296 valence electrons. The number of ether oxygens (including phenoxy) is 3. The molecule has 56 heavy (non-hydrogen) atoms. The molecule has 0 unspecified atom stereocenters. The van der Waals surface area contributed by atoms with E-state index in [0.29, 0.717) is 66.4 Å². The number of nitrogens with one attached hydrogen (secondary N) is 2. The van der Waals surface area contributed by atoms with Gasteiger partial charge >= 0.3 is 12.1 Å². The Kier molecular flexibility index (Phi) is 10.7. The normalized spacial score (nSPS) is 21.4. The number of aromatic nitrogens is 2. The Labute approximate surface area is 327 Å². The van der Waals surface area contributed by atoms with Gasteiger partial charge in [0.15, 0.2) is 0 Å². The predicted molar refractivity (Wildman–Crippen MR) is 203 cm³/mol. The number of benzene rings is 1. The fraction of sp³-hybridized carbons (Fsp3) is 0.415. The second-order valence-electron chi connectivity index (χ2n) is 14.9. The van der Waals surface area contributed by atoms with Crippen molar-refractivity contribution in [1.82, 2.24) is 25.5 Å². The molecule has 4 aliphatic rings. The van der Waals surface area contributed by atoms with Gasteiger partial charge in [-0.1, -0.05) is 54.6 Å². The third-order valence-corrected chi connectivity index (χ3v) is 11.6. The smallest absolute Gasteiger partial charge is 0.421 e. The molecule has 4 heterocycles. The minimum absolute atomic E-state index is 0.0605. The van der Waals surface area contributed by atoms with Crippen LogP contribution in [0.15, 0.2) is 66.3 Å². The molecule has 7 rings (SSSR count). The molecule has 0 radical (unpaired) electrons. The van der Waals surface area contributed by atoms with Gasteiger partial charge in [-0.2, -0.15) is 18.2 Å². The molecular weight excluding hydrogens is 751 g/mol. The maximum atomic E-state index is 14.5. The fourth-order valence-corrected chi connectivity index (χ4v) is 8.38. The lowest BCUT2D eigenvalue weighted by Gasteiger charge is -2.48. The van der Waals surface area contributed by atoms with Gasteiger partial charge < -0.3 is 24.6 Å². The summed E-state index contributed by atoms with van der Waals surface area (Å²) in [4.78, 5) is 34.6. The van der Waals surface area contributed by atoms with Gasteiger partial charge in [0.2, 0.25) is 23.5 Å². The van der Waals surface area contributed by atoms with Crippen LogP contribution in [0, 0.1) is 0 Å². The molecule has 2 saturated carbocycles. The number of carboxylic acid groups (broad SMARTS) is 1. The molecule has 4 fully saturated rings. The van der Waals surface area contributed by atoms with Crippen molar-refractivity contribution in [3.8, 4) is 28.9 Å². The van der Waals surface area contributed by atoms with Gasteiger partial charge in [-0.15, -0.1) is 0 Å². The fourth-order valence-electron chi connectivity index (χ4n) is 8.01. The summed E-state index contributed by atoms with van der Waals surface area (Å²) in [5.74, 6) is -1.23. The zero-order chi connectivity index (χ0) is 40.0. The average molecular weight is 794 g/mol. The molecule has 3 aromatic rings. The number of halogens is 4. The minimum atomic E-state index is -4.82. The van der Waals surface area contributed by atoms with E-state index in [1.54, 1.807) is 19.3 Å². The Morgan fingerprint density at radius 1 is 1.09 bits per heavy atom. The van der Waals surface area contributed by atoms with Crippen LogP contribution in [0.3, 0.4) is 0 Å². The van der Waals surface area contributed by atoms with Crippen LogP contribution >= 0.6 is 11.6 Å². The second-order valence-corrected chi connectivity index (χ2v) is 15.2. The highest BCUT2D eigenvalue weighted by molar-refractivity contribution is 6.35. The topological polar surface area (TPSA) is 135 Å². The standard InChI is InChI=1S/C41H43ClF3N5O6/c1-5-7-28-26(11-13-32(28)56-37-30(41(43,44)45)18-25(36(48-37)55-4)19-46-40(16-17-40)38(52)53)23(2)27-8-6-9-29(34(27)42)31-12-10-24(35(47-31)54-3)20-50-21-39(22-50)15-14-33(51)49-39/h5-10,12,18,32,46H,1,11,13-17,19-22H2,2-4H3,(H,49,51)(H,52,53)/b26-23+,28-7?/t32-/m0/s1. The Hall–Kier alpha value is -4.92. The maximum Gasteiger partial charge on any atom is 0.421 e. The molecule has 1 amide bonds. The molecular formula is C41H43ClF3N5O6. The van der Waals surface area contributed by atoms with Crippen LogP contribution in [-0.4, -0.2) is 76.3 Å². The van der Waals surface area contributed by atoms with E-state index in [1.807, 2.05) is 37.3 Å². The predicted octanol–water partition coefficient (Wildman–Crippen LogP) is 7.13. The monoisotopic (exact) mass is 793 g/mol. The van der Waals surface area contributed by atoms with Crippen LogP contribution < -0.4 is 24.8 Å². The first-order chi connectivity index (χ1) is 26.7. The van der Waals surface area contributed by atoms with Gasteiger partial charge in [-0.3, -0.25) is 19.8 Å². The Morgan fingerprint density at radius 3 is 2.45 bits per heavy atom. The zero-order valence-electron chi connectivity index (χ0n) is 31.3. The van der Waals surface area contributed by atoms with Gasteiger partial charge in [0, 0.05) is 49.3 Å². The van der Waals surface area contributed by atoms with Crippen molar-refractivity contribution in [2.45, 2.75) is 81.9 Å². The quantitative estimate of drug-likeness (QED) is 0.164. The van der Waals surface area contributed by atoms with Crippen molar-refractivity contribution < 1.29 is 42.1 Å². The number of methoxy groups -OCH3 is 2. The summed E-state index contributed by atoms with van der Waals surface area (Å²) in [6.07, 6.45) is 0.667. The molecule has 2 saturated heterocycles. The minimum Gasteiger partial charge on any atom is -0.481 e. The van der Waals surface area contributed by atoms with Crippen LogP contribution in [0.5, 0.6) is 17.6 Å². The molecule has 2 aromatic heterocycles. The number of hydrogen-bond acceptors (Lipinski definition) is 9. The van der Waals surface area contributed by atoms with E-state index in [0.717, 1.165) is 47.8 Å². The first-order valence-corrected chi connectivity index (χ1v) is 18.8. The Bertz CT molecular complexity index is 2140. The van der Waals surface area contributed by atoms with E-state index in [4.69, 9.17) is 30.8 Å². The Morgan fingerprint density at radius 2 is 1.82 bits per heavy atom. The van der Waals surface area contributed by atoms with Crippen LogP contribution in [-0.2, 0) is 28.9 Å². The molecule has 1 atom stereocenters. The summed E-state index contributed by atoms with van der Waals surface area (Å²) in [5.41, 5.74) is 2.92. The first-order valence-electron chi connectivity index (χ1n) is 18.4. The number of pyridine rings is 2. The highest BCUT2D eigenvalue weighted by atomic mass is 35.5. The summed E-state index contributed by atoms with van der Waals surface area (Å²) < 4.78 is 60.6. The number of alkyl halides is 3. The number of allylic oxidation sites excluding steroid dienone is 3. The summed E-state index contributed by atoms with van der Waals surface area (Å²) in [7, 11) is 2.86. The van der Waals surface area contributed by atoms with Crippen molar-refractivity contribution in [2.24, 2.45) is 0 Å². The van der Waals surface area contributed by atoms with E-state index >= 15 is 0 Å². The lowest BCUT2D eigenvalue weighted by molar-refractivity contribution is -0.141. The lowest BCUT2D eigenvalue weighted by Crippen LogP contribution is -2.66.